The van der Waals surface area contributed by atoms with Gasteiger partial charge in [-0.25, -0.2) is 13.9 Å². The minimum absolute atomic E-state index is 0.0569. The minimum atomic E-state index is -0.459. The first kappa shape index (κ1) is 16.4. The molecule has 1 saturated heterocycles. The Morgan fingerprint density at radius 3 is 2.83 bits per heavy atom. The number of aliphatic hydroxyl groups excluding tert-OH is 1. The van der Waals surface area contributed by atoms with Gasteiger partial charge in [-0.05, 0) is 51.0 Å². The molecule has 1 fully saturated rings. The average Bonchev–Trinajstić information content (AvgIpc) is 3.13. The van der Waals surface area contributed by atoms with Crippen LogP contribution in [0.25, 0.3) is 5.69 Å². The quantitative estimate of drug-likeness (QED) is 0.908. The number of nitrogens with one attached hydrogen (secondary N) is 1. The largest absolute Gasteiger partial charge is 0.394 e. The van der Waals surface area contributed by atoms with E-state index in [4.69, 9.17) is 0 Å². The second-order valence-electron chi connectivity index (χ2n) is 6.11. The summed E-state index contributed by atoms with van der Waals surface area (Å²) < 4.78 is 16.0. The molecule has 2 aromatic rings. The molecule has 2 heterocycles. The normalized spacial score (nSPS) is 17.3. The van der Waals surface area contributed by atoms with Crippen LogP contribution in [0.15, 0.2) is 24.3 Å². The van der Waals surface area contributed by atoms with Crippen molar-refractivity contribution in [1.29, 1.82) is 0 Å². The van der Waals surface area contributed by atoms with Crippen molar-refractivity contribution in [1.82, 2.24) is 14.7 Å². The van der Waals surface area contributed by atoms with Crippen LogP contribution in [0.2, 0.25) is 0 Å². The Morgan fingerprint density at radius 2 is 2.21 bits per heavy atom. The zero-order valence-electron chi connectivity index (χ0n) is 13.8. The van der Waals surface area contributed by atoms with E-state index in [1.807, 2.05) is 19.9 Å². The van der Waals surface area contributed by atoms with E-state index < -0.39 is 5.82 Å². The Balaban J connectivity index is 1.78. The number of carbonyl (C=O) groups excluding carboxylic acids is 1. The number of carbonyl (C=O) groups is 1. The van der Waals surface area contributed by atoms with Crippen LogP contribution in [0.5, 0.6) is 0 Å². The fraction of sp³-hybridized carbons (Fsp3) is 0.412. The molecule has 0 aliphatic carbocycles. The zero-order chi connectivity index (χ0) is 17.3. The van der Waals surface area contributed by atoms with E-state index in [9.17, 15) is 14.3 Å². The maximum absolute atomic E-state index is 14.4. The summed E-state index contributed by atoms with van der Waals surface area (Å²) in [6.07, 6.45) is 1.65. The first-order valence-corrected chi connectivity index (χ1v) is 8.01. The molecule has 0 unspecified atom stereocenters. The van der Waals surface area contributed by atoms with Gasteiger partial charge in [-0.15, -0.1) is 0 Å². The van der Waals surface area contributed by atoms with Gasteiger partial charge in [0.05, 0.1) is 18.3 Å². The van der Waals surface area contributed by atoms with Crippen LogP contribution in [0.3, 0.4) is 0 Å². The van der Waals surface area contributed by atoms with E-state index in [0.29, 0.717) is 17.9 Å². The molecule has 0 bridgehead atoms. The summed E-state index contributed by atoms with van der Waals surface area (Å²) in [5, 5.41) is 16.3. The van der Waals surface area contributed by atoms with Crippen LogP contribution in [-0.4, -0.2) is 45.0 Å². The highest BCUT2D eigenvalue weighted by Crippen LogP contribution is 2.22. The lowest BCUT2D eigenvalue weighted by Gasteiger charge is -2.23. The molecule has 1 aliphatic heterocycles. The Bertz CT molecular complexity index is 759. The second-order valence-corrected chi connectivity index (χ2v) is 6.11. The number of amides is 2. The van der Waals surface area contributed by atoms with Crippen molar-refractivity contribution in [2.45, 2.75) is 32.7 Å². The maximum atomic E-state index is 14.4. The van der Waals surface area contributed by atoms with Gasteiger partial charge in [-0.1, -0.05) is 0 Å². The van der Waals surface area contributed by atoms with Gasteiger partial charge in [0.25, 0.3) is 0 Å². The van der Waals surface area contributed by atoms with Gasteiger partial charge in [0, 0.05) is 17.9 Å². The second kappa shape index (κ2) is 6.60. The number of benzene rings is 1. The lowest BCUT2D eigenvalue weighted by Crippen LogP contribution is -2.40. The van der Waals surface area contributed by atoms with E-state index >= 15 is 0 Å². The summed E-state index contributed by atoms with van der Waals surface area (Å²) in [6.45, 7) is 4.25. The molecule has 3 rings (SSSR count). The van der Waals surface area contributed by atoms with E-state index in [1.165, 1.54) is 6.07 Å². The monoisotopic (exact) mass is 332 g/mol. The third-order valence-electron chi connectivity index (χ3n) is 4.29. The molecule has 6 nitrogen and oxygen atoms in total. The van der Waals surface area contributed by atoms with Gasteiger partial charge in [0.1, 0.15) is 5.69 Å². The Kier molecular flexibility index (Phi) is 4.53. The highest BCUT2D eigenvalue weighted by molar-refractivity contribution is 5.89. The topological polar surface area (TPSA) is 70.4 Å². The van der Waals surface area contributed by atoms with Gasteiger partial charge in [0.2, 0.25) is 0 Å². The molecular weight excluding hydrogens is 311 g/mol. The number of aromatic nitrogens is 2. The lowest BCUT2D eigenvalue weighted by atomic mass is 10.2. The summed E-state index contributed by atoms with van der Waals surface area (Å²) in [5.41, 5.74) is 2.37. The number of aryl methyl sites for hydroxylation is 2. The van der Waals surface area contributed by atoms with Crippen LogP contribution in [0, 0.1) is 19.7 Å². The number of halogens is 1. The zero-order valence-corrected chi connectivity index (χ0v) is 13.8. The molecular formula is C17H21FN4O2. The number of urea groups is 1. The SMILES string of the molecule is Cc1cc(C)n(-c2ccc(NC(=O)N3CCC[C@H]3CO)cc2F)n1. The van der Waals surface area contributed by atoms with Crippen molar-refractivity contribution in [3.8, 4) is 5.69 Å². The van der Waals surface area contributed by atoms with Crippen LogP contribution in [0.1, 0.15) is 24.2 Å². The number of anilines is 1. The minimum Gasteiger partial charge on any atom is -0.394 e. The first-order valence-electron chi connectivity index (χ1n) is 8.01. The molecule has 128 valence electrons. The summed E-state index contributed by atoms with van der Waals surface area (Å²) in [7, 11) is 0. The molecule has 1 atom stereocenters. The van der Waals surface area contributed by atoms with Crippen molar-refractivity contribution in [2.24, 2.45) is 0 Å². The highest BCUT2D eigenvalue weighted by Gasteiger charge is 2.28. The Morgan fingerprint density at radius 1 is 1.42 bits per heavy atom. The molecule has 2 N–H and O–H groups in total. The molecule has 7 heteroatoms. The fourth-order valence-corrected chi connectivity index (χ4v) is 3.12. The third-order valence-corrected chi connectivity index (χ3v) is 4.29. The number of hydrogen-bond acceptors (Lipinski definition) is 3. The van der Waals surface area contributed by atoms with Gasteiger partial charge < -0.3 is 15.3 Å². The highest BCUT2D eigenvalue weighted by atomic mass is 19.1. The molecule has 0 saturated carbocycles. The molecule has 1 aliphatic rings. The third kappa shape index (κ3) is 3.12. The summed E-state index contributed by atoms with van der Waals surface area (Å²) in [5.74, 6) is -0.459. The molecule has 0 radical (unpaired) electrons. The molecule has 1 aromatic heterocycles. The van der Waals surface area contributed by atoms with Crippen LogP contribution in [0.4, 0.5) is 14.9 Å². The number of aliphatic hydroxyl groups is 1. The van der Waals surface area contributed by atoms with Gasteiger partial charge in [0.15, 0.2) is 5.82 Å². The fourth-order valence-electron chi connectivity index (χ4n) is 3.12. The molecule has 1 aromatic carbocycles. The van der Waals surface area contributed by atoms with E-state index in [1.54, 1.807) is 21.7 Å². The number of nitrogens with zero attached hydrogens (tertiary/aromatic N) is 3. The van der Waals surface area contributed by atoms with E-state index in [-0.39, 0.29) is 18.7 Å². The van der Waals surface area contributed by atoms with Crippen molar-refractivity contribution in [3.05, 3.63) is 41.5 Å². The number of hydrogen-bond donors (Lipinski definition) is 2. The molecule has 0 spiro atoms. The van der Waals surface area contributed by atoms with Crippen LogP contribution >= 0.6 is 0 Å². The Hall–Kier alpha value is -2.41. The van der Waals surface area contributed by atoms with Gasteiger partial charge in [-0.3, -0.25) is 0 Å². The molecule has 2 amide bonds. The summed E-state index contributed by atoms with van der Waals surface area (Å²) in [6, 6.07) is 5.92. The predicted molar refractivity (Wildman–Crippen MR) is 88.8 cm³/mol. The number of rotatable bonds is 3. The van der Waals surface area contributed by atoms with Crippen LogP contribution in [-0.2, 0) is 0 Å². The smallest absolute Gasteiger partial charge is 0.322 e. The van der Waals surface area contributed by atoms with Crippen molar-refractivity contribution in [2.75, 3.05) is 18.5 Å². The lowest BCUT2D eigenvalue weighted by molar-refractivity contribution is 0.166. The van der Waals surface area contributed by atoms with Crippen molar-refractivity contribution >= 4 is 11.7 Å². The van der Waals surface area contributed by atoms with E-state index in [0.717, 1.165) is 24.2 Å². The summed E-state index contributed by atoms with van der Waals surface area (Å²) in [4.78, 5) is 13.9. The first-order chi connectivity index (χ1) is 11.5. The Labute approximate surface area is 139 Å². The average molecular weight is 332 g/mol. The van der Waals surface area contributed by atoms with E-state index in [2.05, 4.69) is 10.4 Å². The van der Waals surface area contributed by atoms with Gasteiger partial charge in [-0.2, -0.15) is 5.10 Å². The van der Waals surface area contributed by atoms with Crippen LogP contribution < -0.4 is 5.32 Å². The molecule has 24 heavy (non-hydrogen) atoms. The van der Waals surface area contributed by atoms with Gasteiger partial charge >= 0.3 is 6.03 Å². The predicted octanol–water partition coefficient (Wildman–Crippen LogP) is 2.62. The van der Waals surface area contributed by atoms with Crippen molar-refractivity contribution < 1.29 is 14.3 Å². The standard InChI is InChI=1S/C17H21FN4O2/c1-11-8-12(2)22(20-11)16-6-5-13(9-15(16)18)19-17(24)21-7-3-4-14(21)10-23/h5-6,8-9,14,23H,3-4,7,10H2,1-2H3,(H,19,24)/t14-/m0/s1. The van der Waals surface area contributed by atoms with Crippen molar-refractivity contribution in [3.63, 3.8) is 0 Å². The number of likely N-dealkylation sites (tertiary alicyclic amines) is 1. The maximum Gasteiger partial charge on any atom is 0.322 e. The summed E-state index contributed by atoms with van der Waals surface area (Å²) >= 11 is 0.